The Morgan fingerprint density at radius 1 is 1.23 bits per heavy atom. The number of fused-ring (bicyclic) bond motifs is 1. The summed E-state index contributed by atoms with van der Waals surface area (Å²) in [6.07, 6.45) is 3.26. The molecule has 1 aromatic heterocycles. The summed E-state index contributed by atoms with van der Waals surface area (Å²) >= 11 is 0. The molecule has 0 aliphatic carbocycles. The van der Waals surface area contributed by atoms with Crippen LogP contribution in [0.15, 0.2) is 30.7 Å². The number of anilines is 1. The standard InChI is InChI=1S/C19H18N6O5/c20-14(26)8-24-7-10(22-9-24)6-21-12-3-1-2-11-16(12)19(30)25(18(11)29)13-4-5-15(27)23-17(13)28/h1-3,7,9,13,21H,4-6,8H2,(H2,20,26)(H,23,27,28). The highest BCUT2D eigenvalue weighted by Gasteiger charge is 2.45. The third-order valence-corrected chi connectivity index (χ3v) is 4.95. The Balaban J connectivity index is 1.54. The normalized spacial score (nSPS) is 18.4. The number of aromatic nitrogens is 2. The van der Waals surface area contributed by atoms with Crippen molar-refractivity contribution in [3.8, 4) is 0 Å². The lowest BCUT2D eigenvalue weighted by Gasteiger charge is -2.27. The Hall–Kier alpha value is -4.02. The topological polar surface area (TPSA) is 156 Å². The van der Waals surface area contributed by atoms with Gasteiger partial charge in [-0.05, 0) is 18.6 Å². The first-order valence-electron chi connectivity index (χ1n) is 9.22. The number of amides is 5. The second-order valence-corrected chi connectivity index (χ2v) is 7.03. The molecule has 0 spiro atoms. The van der Waals surface area contributed by atoms with Crippen molar-refractivity contribution in [2.24, 2.45) is 5.73 Å². The third kappa shape index (κ3) is 3.41. The van der Waals surface area contributed by atoms with Crippen LogP contribution in [0.25, 0.3) is 0 Å². The van der Waals surface area contributed by atoms with Crippen LogP contribution >= 0.6 is 0 Å². The number of carbonyl (C=O) groups excluding carboxylic acids is 5. The first kappa shape index (κ1) is 19.3. The van der Waals surface area contributed by atoms with Gasteiger partial charge in [0.1, 0.15) is 12.6 Å². The summed E-state index contributed by atoms with van der Waals surface area (Å²) in [7, 11) is 0. The number of hydrogen-bond acceptors (Lipinski definition) is 7. The van der Waals surface area contributed by atoms with E-state index in [4.69, 9.17) is 5.73 Å². The molecule has 154 valence electrons. The average molecular weight is 410 g/mol. The molecule has 4 N–H and O–H groups in total. The number of benzene rings is 1. The second-order valence-electron chi connectivity index (χ2n) is 7.03. The predicted octanol–water partition coefficient (Wildman–Crippen LogP) is -0.618. The molecule has 2 aromatic rings. The van der Waals surface area contributed by atoms with Gasteiger partial charge in [0, 0.05) is 18.3 Å². The number of hydrogen-bond donors (Lipinski definition) is 3. The zero-order chi connectivity index (χ0) is 21.4. The zero-order valence-electron chi connectivity index (χ0n) is 15.8. The van der Waals surface area contributed by atoms with Gasteiger partial charge in [-0.2, -0.15) is 0 Å². The van der Waals surface area contributed by atoms with Gasteiger partial charge in [0.15, 0.2) is 0 Å². The Morgan fingerprint density at radius 2 is 2.03 bits per heavy atom. The van der Waals surface area contributed by atoms with Crippen LogP contribution in [0.1, 0.15) is 39.3 Å². The van der Waals surface area contributed by atoms with Gasteiger partial charge < -0.3 is 15.6 Å². The van der Waals surface area contributed by atoms with Crippen molar-refractivity contribution < 1.29 is 24.0 Å². The van der Waals surface area contributed by atoms with Crippen molar-refractivity contribution in [3.63, 3.8) is 0 Å². The Morgan fingerprint density at radius 3 is 2.77 bits per heavy atom. The van der Waals surface area contributed by atoms with Crippen LogP contribution in [-0.4, -0.2) is 50.0 Å². The van der Waals surface area contributed by atoms with Crippen LogP contribution in [0.3, 0.4) is 0 Å². The van der Waals surface area contributed by atoms with Crippen molar-refractivity contribution in [2.75, 3.05) is 5.32 Å². The molecule has 2 aliphatic heterocycles. The first-order chi connectivity index (χ1) is 14.3. The minimum atomic E-state index is -1.02. The molecule has 11 heteroatoms. The number of imide groups is 2. The lowest BCUT2D eigenvalue weighted by molar-refractivity contribution is -0.136. The monoisotopic (exact) mass is 410 g/mol. The highest BCUT2D eigenvalue weighted by molar-refractivity contribution is 6.25. The van der Waals surface area contributed by atoms with E-state index in [2.05, 4.69) is 15.6 Å². The minimum Gasteiger partial charge on any atom is -0.379 e. The van der Waals surface area contributed by atoms with E-state index >= 15 is 0 Å². The van der Waals surface area contributed by atoms with Crippen molar-refractivity contribution >= 4 is 35.2 Å². The second kappa shape index (κ2) is 7.43. The minimum absolute atomic E-state index is 0.00163. The third-order valence-electron chi connectivity index (χ3n) is 4.95. The van der Waals surface area contributed by atoms with Crippen LogP contribution < -0.4 is 16.4 Å². The van der Waals surface area contributed by atoms with E-state index in [1.165, 1.54) is 17.0 Å². The van der Waals surface area contributed by atoms with Crippen molar-refractivity contribution in [1.82, 2.24) is 19.8 Å². The lowest BCUT2D eigenvalue weighted by Crippen LogP contribution is -2.54. The number of rotatable bonds is 6. The van der Waals surface area contributed by atoms with Gasteiger partial charge in [0.05, 0.1) is 29.7 Å². The summed E-state index contributed by atoms with van der Waals surface area (Å²) in [6, 6.07) is 3.78. The van der Waals surface area contributed by atoms with E-state index in [9.17, 15) is 24.0 Å². The molecule has 0 bridgehead atoms. The molecule has 0 saturated carbocycles. The molecule has 30 heavy (non-hydrogen) atoms. The molecule has 2 aliphatic rings. The lowest BCUT2D eigenvalue weighted by atomic mass is 10.0. The maximum Gasteiger partial charge on any atom is 0.264 e. The summed E-state index contributed by atoms with van der Waals surface area (Å²) in [4.78, 5) is 65.5. The molecule has 3 heterocycles. The van der Waals surface area contributed by atoms with Crippen molar-refractivity contribution in [3.05, 3.63) is 47.5 Å². The SMILES string of the molecule is NC(=O)Cn1cnc(CNc2cccc3c2C(=O)N(C2CCC(=O)NC2=O)C3=O)c1. The summed E-state index contributed by atoms with van der Waals surface area (Å²) in [5, 5.41) is 5.24. The van der Waals surface area contributed by atoms with E-state index in [1.807, 2.05) is 0 Å². The number of nitrogens with one attached hydrogen (secondary N) is 2. The predicted molar refractivity (Wildman–Crippen MR) is 102 cm³/mol. The number of piperidine rings is 1. The highest BCUT2D eigenvalue weighted by Crippen LogP contribution is 2.32. The van der Waals surface area contributed by atoms with Gasteiger partial charge in [-0.15, -0.1) is 0 Å². The van der Waals surface area contributed by atoms with Gasteiger partial charge in [0.2, 0.25) is 17.7 Å². The van der Waals surface area contributed by atoms with Crippen molar-refractivity contribution in [1.29, 1.82) is 0 Å². The number of primary amides is 1. The van der Waals surface area contributed by atoms with Crippen LogP contribution in [0, 0.1) is 0 Å². The summed E-state index contributed by atoms with van der Waals surface area (Å²) < 4.78 is 1.54. The van der Waals surface area contributed by atoms with E-state index < -0.39 is 35.6 Å². The van der Waals surface area contributed by atoms with Gasteiger partial charge in [-0.1, -0.05) is 6.07 Å². The van der Waals surface area contributed by atoms with Gasteiger partial charge in [-0.3, -0.25) is 34.2 Å². The number of nitrogens with two attached hydrogens (primary N) is 1. The molecule has 0 radical (unpaired) electrons. The quantitative estimate of drug-likeness (QED) is 0.536. The van der Waals surface area contributed by atoms with E-state index in [0.717, 1.165) is 4.90 Å². The molecule has 5 amide bonds. The van der Waals surface area contributed by atoms with Gasteiger partial charge in [0.25, 0.3) is 11.8 Å². The van der Waals surface area contributed by atoms with Gasteiger partial charge >= 0.3 is 0 Å². The zero-order valence-corrected chi connectivity index (χ0v) is 15.8. The molecular formula is C19H18N6O5. The Kier molecular flexibility index (Phi) is 4.78. The molecule has 1 atom stereocenters. The fourth-order valence-electron chi connectivity index (χ4n) is 3.61. The van der Waals surface area contributed by atoms with Gasteiger partial charge in [-0.25, -0.2) is 4.98 Å². The fourth-order valence-corrected chi connectivity index (χ4v) is 3.61. The number of carbonyl (C=O) groups is 5. The molecule has 11 nitrogen and oxygen atoms in total. The molecular weight excluding hydrogens is 392 g/mol. The first-order valence-corrected chi connectivity index (χ1v) is 9.22. The fraction of sp³-hybridized carbons (Fsp3) is 0.263. The molecule has 1 fully saturated rings. The molecule has 1 unspecified atom stereocenters. The van der Waals surface area contributed by atoms with Crippen LogP contribution in [0.4, 0.5) is 5.69 Å². The Bertz CT molecular complexity index is 1090. The molecule has 1 saturated heterocycles. The summed E-state index contributed by atoms with van der Waals surface area (Å²) in [5.74, 6) is -2.74. The summed E-state index contributed by atoms with van der Waals surface area (Å²) in [6.45, 7) is 0.240. The van der Waals surface area contributed by atoms with E-state index in [0.29, 0.717) is 11.4 Å². The number of nitrogens with zero attached hydrogens (tertiary/aromatic N) is 3. The smallest absolute Gasteiger partial charge is 0.264 e. The maximum absolute atomic E-state index is 13.0. The van der Waals surface area contributed by atoms with Crippen LogP contribution in [0.2, 0.25) is 0 Å². The van der Waals surface area contributed by atoms with Crippen LogP contribution in [-0.2, 0) is 27.5 Å². The van der Waals surface area contributed by atoms with E-state index in [1.54, 1.807) is 18.3 Å². The highest BCUT2D eigenvalue weighted by atomic mass is 16.2. The molecule has 4 rings (SSSR count). The molecule has 1 aromatic carbocycles. The average Bonchev–Trinajstić information content (AvgIpc) is 3.23. The van der Waals surface area contributed by atoms with Crippen LogP contribution in [0.5, 0.6) is 0 Å². The van der Waals surface area contributed by atoms with E-state index in [-0.39, 0.29) is 37.1 Å². The largest absolute Gasteiger partial charge is 0.379 e. The maximum atomic E-state index is 13.0. The van der Waals surface area contributed by atoms with Crippen molar-refractivity contribution in [2.45, 2.75) is 32.0 Å². The summed E-state index contributed by atoms with van der Waals surface area (Å²) in [5.41, 5.74) is 6.54. The Labute approximate surface area is 170 Å². The number of imidazole rings is 1.